The fourth-order valence-corrected chi connectivity index (χ4v) is 2.69. The molecule has 0 spiro atoms. The van der Waals surface area contributed by atoms with E-state index in [4.69, 9.17) is 10.5 Å². The maximum Gasteiger partial charge on any atom is 0.262 e. The van der Waals surface area contributed by atoms with Crippen molar-refractivity contribution in [2.24, 2.45) is 0 Å². The zero-order chi connectivity index (χ0) is 18.3. The van der Waals surface area contributed by atoms with Crippen molar-refractivity contribution in [3.8, 4) is 11.4 Å². The molecule has 0 bridgehead atoms. The normalized spacial score (nSPS) is 12.6. The van der Waals surface area contributed by atoms with Gasteiger partial charge in [0.05, 0.1) is 29.5 Å². The Bertz CT molecular complexity index is 993. The molecule has 0 unspecified atom stereocenters. The SMILES string of the molecule is CNC(=O)c1cc(-n2c(N)c3c(cc2=O)C(=O)NC3=O)ccc1OC. The number of ether oxygens (including phenoxy) is 1. The largest absolute Gasteiger partial charge is 0.496 e. The Kier molecular flexibility index (Phi) is 3.76. The first-order chi connectivity index (χ1) is 11.9. The number of imide groups is 1. The summed E-state index contributed by atoms with van der Waals surface area (Å²) >= 11 is 0. The van der Waals surface area contributed by atoms with Crippen LogP contribution in [0.3, 0.4) is 0 Å². The molecule has 0 atom stereocenters. The van der Waals surface area contributed by atoms with Crippen molar-refractivity contribution in [3.05, 3.63) is 51.3 Å². The van der Waals surface area contributed by atoms with E-state index < -0.39 is 23.3 Å². The van der Waals surface area contributed by atoms with E-state index in [0.29, 0.717) is 5.75 Å². The van der Waals surface area contributed by atoms with E-state index in [1.54, 1.807) is 0 Å². The first kappa shape index (κ1) is 16.2. The monoisotopic (exact) mass is 342 g/mol. The van der Waals surface area contributed by atoms with Crippen LogP contribution in [0, 0.1) is 0 Å². The third-order valence-electron chi connectivity index (χ3n) is 3.87. The minimum absolute atomic E-state index is 0.0659. The highest BCUT2D eigenvalue weighted by atomic mass is 16.5. The van der Waals surface area contributed by atoms with Crippen LogP contribution in [0.5, 0.6) is 5.75 Å². The van der Waals surface area contributed by atoms with Crippen molar-refractivity contribution < 1.29 is 19.1 Å². The average molecular weight is 342 g/mol. The van der Waals surface area contributed by atoms with Crippen molar-refractivity contribution in [1.29, 1.82) is 0 Å². The predicted octanol–water partition coefficient (Wildman–Crippen LogP) is -0.328. The van der Waals surface area contributed by atoms with Gasteiger partial charge in [0.25, 0.3) is 23.3 Å². The molecule has 0 saturated carbocycles. The Morgan fingerprint density at radius 2 is 1.92 bits per heavy atom. The number of hydrogen-bond donors (Lipinski definition) is 3. The summed E-state index contributed by atoms with van der Waals surface area (Å²) in [4.78, 5) is 48.0. The number of rotatable bonds is 3. The highest BCUT2D eigenvalue weighted by molar-refractivity contribution is 6.23. The van der Waals surface area contributed by atoms with E-state index >= 15 is 0 Å². The number of methoxy groups -OCH3 is 1. The summed E-state index contributed by atoms with van der Waals surface area (Å²) < 4.78 is 6.19. The van der Waals surface area contributed by atoms with E-state index in [1.165, 1.54) is 32.4 Å². The number of nitrogens with zero attached hydrogens (tertiary/aromatic N) is 1. The maximum absolute atomic E-state index is 12.4. The molecule has 1 aromatic carbocycles. The lowest BCUT2D eigenvalue weighted by molar-refractivity contribution is 0.0878. The molecule has 2 heterocycles. The summed E-state index contributed by atoms with van der Waals surface area (Å²) in [5.74, 6) is -1.63. The van der Waals surface area contributed by atoms with Crippen molar-refractivity contribution in [2.75, 3.05) is 19.9 Å². The third-order valence-corrected chi connectivity index (χ3v) is 3.87. The van der Waals surface area contributed by atoms with Crippen LogP contribution in [0.15, 0.2) is 29.1 Å². The molecule has 4 N–H and O–H groups in total. The number of fused-ring (bicyclic) bond motifs is 1. The van der Waals surface area contributed by atoms with E-state index in [1.807, 2.05) is 0 Å². The Morgan fingerprint density at radius 3 is 2.56 bits per heavy atom. The molecule has 1 aliphatic heterocycles. The summed E-state index contributed by atoms with van der Waals surface area (Å²) in [7, 11) is 2.87. The smallest absolute Gasteiger partial charge is 0.262 e. The van der Waals surface area contributed by atoms with Gasteiger partial charge >= 0.3 is 0 Å². The van der Waals surface area contributed by atoms with Gasteiger partial charge in [0, 0.05) is 13.1 Å². The van der Waals surface area contributed by atoms with Crippen LogP contribution >= 0.6 is 0 Å². The number of amides is 3. The van der Waals surface area contributed by atoms with Crippen molar-refractivity contribution in [3.63, 3.8) is 0 Å². The maximum atomic E-state index is 12.4. The second-order valence-electron chi connectivity index (χ2n) is 5.24. The Hall–Kier alpha value is -3.62. The van der Waals surface area contributed by atoms with E-state index in [0.717, 1.165) is 10.6 Å². The topological polar surface area (TPSA) is 133 Å². The van der Waals surface area contributed by atoms with E-state index in [-0.39, 0.29) is 28.2 Å². The molecule has 3 amide bonds. The lowest BCUT2D eigenvalue weighted by Gasteiger charge is -2.14. The molecule has 0 saturated heterocycles. The number of carbonyl (C=O) groups excluding carboxylic acids is 3. The quantitative estimate of drug-likeness (QED) is 0.654. The lowest BCUT2D eigenvalue weighted by atomic mass is 10.1. The number of anilines is 1. The standard InChI is InChI=1S/C16H14N4O5/c1-18-14(22)8-5-7(3-4-10(8)25-2)20-11(21)6-9-12(13(20)17)16(24)19-15(9)23/h3-6H,17H2,1-2H3,(H,18,22)(H,19,23,24). The lowest BCUT2D eigenvalue weighted by Crippen LogP contribution is -2.25. The van der Waals surface area contributed by atoms with Gasteiger partial charge in [0.2, 0.25) is 0 Å². The van der Waals surface area contributed by atoms with Gasteiger partial charge in [-0.05, 0) is 18.2 Å². The Balaban J connectivity index is 2.27. The third kappa shape index (κ3) is 2.42. The number of nitrogens with two attached hydrogens (primary N) is 1. The van der Waals surface area contributed by atoms with Gasteiger partial charge in [-0.25, -0.2) is 0 Å². The summed E-state index contributed by atoms with van der Waals surface area (Å²) in [5.41, 5.74) is 5.68. The van der Waals surface area contributed by atoms with Gasteiger partial charge in [-0.2, -0.15) is 0 Å². The van der Waals surface area contributed by atoms with Crippen LogP contribution in [-0.2, 0) is 0 Å². The Morgan fingerprint density at radius 1 is 1.20 bits per heavy atom. The summed E-state index contributed by atoms with van der Waals surface area (Å²) in [6.45, 7) is 0. The number of hydrogen-bond acceptors (Lipinski definition) is 6. The summed E-state index contributed by atoms with van der Waals surface area (Å²) in [5, 5.41) is 4.56. The van der Waals surface area contributed by atoms with Gasteiger partial charge < -0.3 is 15.8 Å². The molecular formula is C16H14N4O5. The molecule has 0 fully saturated rings. The molecule has 9 heteroatoms. The molecule has 1 aliphatic rings. The van der Waals surface area contributed by atoms with Crippen molar-refractivity contribution in [1.82, 2.24) is 15.2 Å². The minimum Gasteiger partial charge on any atom is -0.496 e. The highest BCUT2D eigenvalue weighted by Gasteiger charge is 2.32. The van der Waals surface area contributed by atoms with Crippen LogP contribution in [0.4, 0.5) is 5.82 Å². The van der Waals surface area contributed by atoms with Crippen molar-refractivity contribution in [2.45, 2.75) is 0 Å². The number of pyridine rings is 1. The molecular weight excluding hydrogens is 328 g/mol. The molecule has 0 aliphatic carbocycles. The van der Waals surface area contributed by atoms with E-state index in [2.05, 4.69) is 10.6 Å². The van der Waals surface area contributed by atoms with Gasteiger partial charge in [0.15, 0.2) is 0 Å². The summed E-state index contributed by atoms with van der Waals surface area (Å²) in [6.07, 6.45) is 0. The molecule has 128 valence electrons. The predicted molar refractivity (Wildman–Crippen MR) is 88.2 cm³/mol. The molecule has 9 nitrogen and oxygen atoms in total. The van der Waals surface area contributed by atoms with Crippen LogP contribution in [0.25, 0.3) is 5.69 Å². The second kappa shape index (κ2) is 5.78. The molecule has 1 aromatic heterocycles. The first-order valence-corrected chi connectivity index (χ1v) is 7.20. The van der Waals surface area contributed by atoms with Gasteiger partial charge in [-0.15, -0.1) is 0 Å². The fraction of sp³-hybridized carbons (Fsp3) is 0.125. The zero-order valence-electron chi connectivity index (χ0n) is 13.4. The number of nitrogen functional groups attached to an aromatic ring is 1. The fourth-order valence-electron chi connectivity index (χ4n) is 2.69. The Labute approximate surface area is 141 Å². The molecule has 3 rings (SSSR count). The highest BCUT2D eigenvalue weighted by Crippen LogP contribution is 2.26. The molecule has 0 radical (unpaired) electrons. The number of aromatic nitrogens is 1. The van der Waals surface area contributed by atoms with Gasteiger partial charge in [-0.3, -0.25) is 29.1 Å². The van der Waals surface area contributed by atoms with E-state index in [9.17, 15) is 19.2 Å². The minimum atomic E-state index is -0.675. The van der Waals surface area contributed by atoms with Crippen LogP contribution in [-0.4, -0.2) is 36.4 Å². The zero-order valence-corrected chi connectivity index (χ0v) is 13.4. The first-order valence-electron chi connectivity index (χ1n) is 7.20. The van der Waals surface area contributed by atoms with Crippen LogP contribution in [0.1, 0.15) is 31.1 Å². The number of benzene rings is 1. The number of carbonyl (C=O) groups is 3. The molecule has 25 heavy (non-hydrogen) atoms. The second-order valence-corrected chi connectivity index (χ2v) is 5.24. The molecule has 2 aromatic rings. The van der Waals surface area contributed by atoms with Crippen molar-refractivity contribution >= 4 is 23.5 Å². The van der Waals surface area contributed by atoms with Gasteiger partial charge in [-0.1, -0.05) is 0 Å². The number of nitrogens with one attached hydrogen (secondary N) is 2. The average Bonchev–Trinajstić information content (AvgIpc) is 2.88. The van der Waals surface area contributed by atoms with Gasteiger partial charge in [0.1, 0.15) is 11.6 Å². The van der Waals surface area contributed by atoms with Crippen LogP contribution in [0.2, 0.25) is 0 Å². The van der Waals surface area contributed by atoms with Crippen LogP contribution < -0.4 is 26.7 Å². The summed E-state index contributed by atoms with van der Waals surface area (Å²) in [6, 6.07) is 5.47.